The summed E-state index contributed by atoms with van der Waals surface area (Å²) in [6.45, 7) is 7.65. The van der Waals surface area contributed by atoms with Gasteiger partial charge in [-0.15, -0.1) is 0 Å². The van der Waals surface area contributed by atoms with Gasteiger partial charge in [0.1, 0.15) is 5.82 Å². The summed E-state index contributed by atoms with van der Waals surface area (Å²) in [6.07, 6.45) is 6.34. The van der Waals surface area contributed by atoms with E-state index >= 15 is 0 Å². The molecule has 1 rings (SSSR count). The molecule has 3 heteroatoms. The second-order valence-corrected chi connectivity index (χ2v) is 4.50. The van der Waals surface area contributed by atoms with Gasteiger partial charge >= 0.3 is 0 Å². The highest BCUT2D eigenvalue weighted by molar-refractivity contribution is 9.09. The molecule has 0 amide bonds. The second-order valence-electron chi connectivity index (χ2n) is 3.94. The molecule has 0 saturated heterocycles. The lowest BCUT2D eigenvalue weighted by Crippen LogP contribution is -2.27. The molecule has 2 nitrogen and oxygen atoms in total. The minimum Gasteiger partial charge on any atom is -0.335 e. The molecule has 0 atom stereocenters. The molecule has 0 fully saturated rings. The van der Waals surface area contributed by atoms with Crippen LogP contribution in [0.2, 0.25) is 0 Å². The minimum atomic E-state index is 0.380. The highest BCUT2D eigenvalue weighted by atomic mass is 79.9. The summed E-state index contributed by atoms with van der Waals surface area (Å²) in [6, 6.07) is 0. The van der Waals surface area contributed by atoms with E-state index in [0.29, 0.717) is 5.41 Å². The molecule has 0 aromatic carbocycles. The van der Waals surface area contributed by atoms with E-state index in [1.54, 1.807) is 0 Å². The van der Waals surface area contributed by atoms with Crippen molar-refractivity contribution in [3.63, 3.8) is 0 Å². The smallest absolute Gasteiger partial charge is 0.105 e. The van der Waals surface area contributed by atoms with Crippen molar-refractivity contribution >= 4 is 15.9 Å². The molecular formula is C11H19BrN2. The quantitative estimate of drug-likeness (QED) is 0.741. The van der Waals surface area contributed by atoms with Gasteiger partial charge in [0.15, 0.2) is 0 Å². The van der Waals surface area contributed by atoms with Crippen LogP contribution in [-0.2, 0) is 6.54 Å². The van der Waals surface area contributed by atoms with E-state index in [-0.39, 0.29) is 0 Å². The van der Waals surface area contributed by atoms with Gasteiger partial charge in [-0.3, -0.25) is 0 Å². The largest absolute Gasteiger partial charge is 0.335 e. The van der Waals surface area contributed by atoms with Crippen molar-refractivity contribution in [1.82, 2.24) is 9.55 Å². The average molecular weight is 259 g/mol. The number of nitrogens with zero attached hydrogens (tertiary/aromatic N) is 2. The van der Waals surface area contributed by atoms with Gasteiger partial charge in [-0.2, -0.15) is 0 Å². The van der Waals surface area contributed by atoms with Gasteiger partial charge in [-0.25, -0.2) is 4.98 Å². The highest BCUT2D eigenvalue weighted by Gasteiger charge is 2.25. The van der Waals surface area contributed by atoms with E-state index in [9.17, 15) is 0 Å². The summed E-state index contributed by atoms with van der Waals surface area (Å²) in [5, 5.41) is 1.06. The van der Waals surface area contributed by atoms with E-state index in [4.69, 9.17) is 0 Å². The second kappa shape index (κ2) is 4.96. The Morgan fingerprint density at radius 2 is 2.07 bits per heavy atom. The molecule has 0 aliphatic carbocycles. The third-order valence-electron chi connectivity index (χ3n) is 3.21. The summed E-state index contributed by atoms with van der Waals surface area (Å²) in [5.41, 5.74) is 0.380. The number of imidazole rings is 1. The summed E-state index contributed by atoms with van der Waals surface area (Å²) in [7, 11) is 0. The zero-order valence-electron chi connectivity index (χ0n) is 9.26. The molecule has 14 heavy (non-hydrogen) atoms. The van der Waals surface area contributed by atoms with Crippen LogP contribution < -0.4 is 0 Å². The van der Waals surface area contributed by atoms with Gasteiger partial charge in [0.25, 0.3) is 0 Å². The fourth-order valence-corrected chi connectivity index (χ4v) is 2.61. The molecule has 1 heterocycles. The number of aryl methyl sites for hydroxylation is 1. The SMILES string of the molecule is CCC(CC)(CBr)Cn1ccnc1C. The van der Waals surface area contributed by atoms with E-state index in [1.165, 1.54) is 12.8 Å². The first-order valence-electron chi connectivity index (χ1n) is 5.21. The van der Waals surface area contributed by atoms with Crippen LogP contribution >= 0.6 is 15.9 Å². The zero-order valence-corrected chi connectivity index (χ0v) is 10.8. The lowest BCUT2D eigenvalue weighted by atomic mass is 9.84. The molecule has 0 saturated carbocycles. The third kappa shape index (κ3) is 2.38. The Labute approximate surface area is 94.9 Å². The molecule has 0 aliphatic rings. The number of alkyl halides is 1. The van der Waals surface area contributed by atoms with Gasteiger partial charge in [-0.1, -0.05) is 29.8 Å². The molecule has 80 valence electrons. The van der Waals surface area contributed by atoms with Crippen LogP contribution in [0.25, 0.3) is 0 Å². The number of halogens is 1. The van der Waals surface area contributed by atoms with E-state index in [2.05, 4.69) is 52.4 Å². The average Bonchev–Trinajstić information content (AvgIpc) is 2.61. The molecule has 0 bridgehead atoms. The molecule has 0 unspecified atom stereocenters. The first kappa shape index (κ1) is 11.8. The van der Waals surface area contributed by atoms with Crippen molar-refractivity contribution in [1.29, 1.82) is 0 Å². The van der Waals surface area contributed by atoms with E-state index < -0.39 is 0 Å². The molecule has 0 N–H and O–H groups in total. The Morgan fingerprint density at radius 3 is 2.43 bits per heavy atom. The number of rotatable bonds is 5. The highest BCUT2D eigenvalue weighted by Crippen LogP contribution is 2.31. The van der Waals surface area contributed by atoms with Crippen molar-refractivity contribution in [3.8, 4) is 0 Å². The van der Waals surface area contributed by atoms with Gasteiger partial charge in [0.05, 0.1) is 0 Å². The number of hydrogen-bond donors (Lipinski definition) is 0. The van der Waals surface area contributed by atoms with Crippen LogP contribution in [0.4, 0.5) is 0 Å². The fourth-order valence-electron chi connectivity index (χ4n) is 1.64. The van der Waals surface area contributed by atoms with Crippen LogP contribution in [0, 0.1) is 12.3 Å². The molecule has 1 aromatic heterocycles. The predicted octanol–water partition coefficient (Wildman–Crippen LogP) is 3.39. The molecule has 0 radical (unpaired) electrons. The van der Waals surface area contributed by atoms with Crippen molar-refractivity contribution < 1.29 is 0 Å². The van der Waals surface area contributed by atoms with E-state index in [0.717, 1.165) is 17.7 Å². The maximum atomic E-state index is 4.25. The van der Waals surface area contributed by atoms with Gasteiger partial charge in [0, 0.05) is 24.3 Å². The van der Waals surface area contributed by atoms with Crippen molar-refractivity contribution in [2.75, 3.05) is 5.33 Å². The Hall–Kier alpha value is -0.310. The normalized spacial score (nSPS) is 12.0. The first-order valence-corrected chi connectivity index (χ1v) is 6.33. The fraction of sp³-hybridized carbons (Fsp3) is 0.727. The predicted molar refractivity (Wildman–Crippen MR) is 63.8 cm³/mol. The van der Waals surface area contributed by atoms with Crippen molar-refractivity contribution in [2.24, 2.45) is 5.41 Å². The maximum absolute atomic E-state index is 4.25. The van der Waals surface area contributed by atoms with Crippen molar-refractivity contribution in [2.45, 2.75) is 40.2 Å². The van der Waals surface area contributed by atoms with Crippen LogP contribution in [-0.4, -0.2) is 14.9 Å². The zero-order chi connectivity index (χ0) is 10.6. The van der Waals surface area contributed by atoms with Crippen LogP contribution in [0.1, 0.15) is 32.5 Å². The molecule has 0 spiro atoms. The molecular weight excluding hydrogens is 240 g/mol. The first-order chi connectivity index (χ1) is 6.67. The molecule has 0 aliphatic heterocycles. The lowest BCUT2D eigenvalue weighted by Gasteiger charge is -2.30. The number of hydrogen-bond acceptors (Lipinski definition) is 1. The summed E-state index contributed by atoms with van der Waals surface area (Å²) < 4.78 is 2.24. The molecule has 1 aromatic rings. The van der Waals surface area contributed by atoms with Crippen LogP contribution in [0.5, 0.6) is 0 Å². The monoisotopic (exact) mass is 258 g/mol. The van der Waals surface area contributed by atoms with Gasteiger partial charge in [-0.05, 0) is 25.2 Å². The lowest BCUT2D eigenvalue weighted by molar-refractivity contribution is 0.257. The Balaban J connectivity index is 2.79. The van der Waals surface area contributed by atoms with Crippen LogP contribution in [0.15, 0.2) is 12.4 Å². The Kier molecular flexibility index (Phi) is 4.17. The Bertz CT molecular complexity index is 268. The van der Waals surface area contributed by atoms with Gasteiger partial charge in [0.2, 0.25) is 0 Å². The summed E-state index contributed by atoms with van der Waals surface area (Å²) in [5.74, 6) is 1.11. The minimum absolute atomic E-state index is 0.380. The van der Waals surface area contributed by atoms with Gasteiger partial charge < -0.3 is 4.57 Å². The topological polar surface area (TPSA) is 17.8 Å². The standard InChI is InChI=1S/C11H19BrN2/c1-4-11(5-2,8-12)9-14-7-6-13-10(14)3/h6-7H,4-5,8-9H2,1-3H3. The third-order valence-corrected chi connectivity index (χ3v) is 4.40. The summed E-state index contributed by atoms with van der Waals surface area (Å²) >= 11 is 3.63. The van der Waals surface area contributed by atoms with E-state index in [1.807, 2.05) is 6.20 Å². The van der Waals surface area contributed by atoms with Crippen LogP contribution in [0.3, 0.4) is 0 Å². The maximum Gasteiger partial charge on any atom is 0.105 e. The Morgan fingerprint density at radius 1 is 1.43 bits per heavy atom. The summed E-state index contributed by atoms with van der Waals surface area (Å²) in [4.78, 5) is 4.25. The number of aromatic nitrogens is 2. The van der Waals surface area contributed by atoms with Crippen molar-refractivity contribution in [3.05, 3.63) is 18.2 Å².